The molecule has 0 aromatic heterocycles. The van der Waals surface area contributed by atoms with Gasteiger partial charge in [0, 0.05) is 12.6 Å². The Labute approximate surface area is 148 Å². The highest BCUT2D eigenvalue weighted by molar-refractivity contribution is 5.85. The van der Waals surface area contributed by atoms with Crippen molar-refractivity contribution in [2.24, 2.45) is 11.7 Å². The van der Waals surface area contributed by atoms with Crippen molar-refractivity contribution in [3.05, 3.63) is 65.7 Å². The zero-order valence-electron chi connectivity index (χ0n) is 14.9. The largest absolute Gasteiger partial charge is 0.497 e. The lowest BCUT2D eigenvalue weighted by molar-refractivity contribution is -0.137. The van der Waals surface area contributed by atoms with Gasteiger partial charge in [-0.05, 0) is 29.2 Å². The fraction of sp³-hybridized carbons (Fsp3) is 0.350. The van der Waals surface area contributed by atoms with Gasteiger partial charge in [-0.15, -0.1) is 0 Å². The number of hydrogen-bond acceptors (Lipinski definition) is 4. The van der Waals surface area contributed by atoms with Crippen LogP contribution in [0.2, 0.25) is 0 Å². The molecule has 0 saturated carbocycles. The molecule has 0 unspecified atom stereocenters. The molecule has 0 aliphatic carbocycles. The fourth-order valence-electron chi connectivity index (χ4n) is 2.85. The van der Waals surface area contributed by atoms with Gasteiger partial charge in [-0.2, -0.15) is 0 Å². The van der Waals surface area contributed by atoms with Crippen LogP contribution >= 0.6 is 0 Å². The normalized spacial score (nSPS) is 14.8. The lowest BCUT2D eigenvalue weighted by Gasteiger charge is -2.30. The zero-order valence-corrected chi connectivity index (χ0v) is 14.9. The number of nitrogens with two attached hydrogens (primary N) is 1. The first-order valence-electron chi connectivity index (χ1n) is 8.33. The van der Waals surface area contributed by atoms with E-state index in [1.54, 1.807) is 31.4 Å². The monoisotopic (exact) mass is 342 g/mol. The topological polar surface area (TPSA) is 84.6 Å². The Morgan fingerprint density at radius 1 is 1.16 bits per heavy atom. The molecule has 134 valence electrons. The van der Waals surface area contributed by atoms with Crippen LogP contribution in [0, 0.1) is 5.92 Å². The molecule has 2 aromatic rings. The molecule has 2 rings (SSSR count). The van der Waals surface area contributed by atoms with Gasteiger partial charge < -0.3 is 20.9 Å². The number of methoxy groups -OCH3 is 1. The highest BCUT2D eigenvalue weighted by Gasteiger charge is 2.36. The summed E-state index contributed by atoms with van der Waals surface area (Å²) < 4.78 is 5.19. The Balaban J connectivity index is 2.22. The van der Waals surface area contributed by atoms with Crippen molar-refractivity contribution < 1.29 is 14.6 Å². The molecule has 0 bridgehead atoms. The summed E-state index contributed by atoms with van der Waals surface area (Å²) in [6, 6.07) is 16.5. The maximum atomic E-state index is 11.9. The molecule has 2 aromatic carbocycles. The Bertz CT molecular complexity index is 686. The predicted molar refractivity (Wildman–Crippen MR) is 98.1 cm³/mol. The molecule has 0 aliphatic rings. The third-order valence-electron chi connectivity index (χ3n) is 4.38. The first-order valence-corrected chi connectivity index (χ1v) is 8.33. The van der Waals surface area contributed by atoms with Crippen LogP contribution in [-0.4, -0.2) is 24.7 Å². The first-order chi connectivity index (χ1) is 11.9. The van der Waals surface area contributed by atoms with E-state index in [0.29, 0.717) is 5.56 Å². The molecule has 0 fully saturated rings. The number of nitrogens with one attached hydrogen (secondary N) is 1. The molecule has 0 radical (unpaired) electrons. The third kappa shape index (κ3) is 4.38. The molecule has 0 saturated heterocycles. The van der Waals surface area contributed by atoms with Gasteiger partial charge in [0.2, 0.25) is 0 Å². The van der Waals surface area contributed by atoms with E-state index >= 15 is 0 Å². The third-order valence-corrected chi connectivity index (χ3v) is 4.38. The van der Waals surface area contributed by atoms with Crippen molar-refractivity contribution in [2.45, 2.75) is 25.5 Å². The predicted octanol–water partition coefficient (Wildman–Crippen LogP) is 2.36. The van der Waals surface area contributed by atoms with E-state index in [0.717, 1.165) is 11.3 Å². The van der Waals surface area contributed by atoms with Gasteiger partial charge >= 0.3 is 0 Å². The molecule has 5 heteroatoms. The van der Waals surface area contributed by atoms with E-state index in [1.807, 2.05) is 30.3 Å². The summed E-state index contributed by atoms with van der Waals surface area (Å²) in [5.74, 6) is 0.258. The summed E-state index contributed by atoms with van der Waals surface area (Å²) in [7, 11) is 1.63. The standard InChI is InChI=1S/C20H26N2O3/c1-14(2)18(15-9-11-17(25-3)12-10-15)22-13-20(24,19(21)23)16-7-5-4-6-8-16/h4-12,14,18,22,24H,13H2,1-3H3,(H2,21,23)/t18-,20+/m1/s1. The van der Waals surface area contributed by atoms with Crippen LogP contribution < -0.4 is 15.8 Å². The van der Waals surface area contributed by atoms with Crippen molar-refractivity contribution in [2.75, 3.05) is 13.7 Å². The second kappa shape index (κ2) is 8.14. The lowest BCUT2D eigenvalue weighted by atomic mass is 9.90. The van der Waals surface area contributed by atoms with E-state index in [-0.39, 0.29) is 18.5 Å². The maximum Gasteiger partial charge on any atom is 0.255 e. The summed E-state index contributed by atoms with van der Waals surface area (Å²) in [4.78, 5) is 11.9. The van der Waals surface area contributed by atoms with Crippen LogP contribution in [0.1, 0.15) is 31.0 Å². The van der Waals surface area contributed by atoms with Crippen LogP contribution in [0.15, 0.2) is 54.6 Å². The average Bonchev–Trinajstić information content (AvgIpc) is 2.62. The quantitative estimate of drug-likeness (QED) is 0.687. The first kappa shape index (κ1) is 19.0. The van der Waals surface area contributed by atoms with Gasteiger partial charge in [-0.1, -0.05) is 56.3 Å². The molecule has 4 N–H and O–H groups in total. The van der Waals surface area contributed by atoms with Crippen LogP contribution in [0.3, 0.4) is 0 Å². The van der Waals surface area contributed by atoms with Crippen LogP contribution in [0.4, 0.5) is 0 Å². The van der Waals surface area contributed by atoms with Gasteiger partial charge in [0.25, 0.3) is 5.91 Å². The number of aliphatic hydroxyl groups is 1. The van der Waals surface area contributed by atoms with E-state index in [9.17, 15) is 9.90 Å². The number of carbonyl (C=O) groups excluding carboxylic acids is 1. The molecule has 1 amide bonds. The number of rotatable bonds is 8. The minimum absolute atomic E-state index is 0.0290. The van der Waals surface area contributed by atoms with Crippen molar-refractivity contribution in [1.82, 2.24) is 5.32 Å². The van der Waals surface area contributed by atoms with Crippen LogP contribution in [0.5, 0.6) is 5.75 Å². The molecule has 0 aliphatic heterocycles. The Morgan fingerprint density at radius 2 is 1.76 bits per heavy atom. The molecule has 5 nitrogen and oxygen atoms in total. The van der Waals surface area contributed by atoms with Gasteiger partial charge in [0.15, 0.2) is 5.60 Å². The zero-order chi connectivity index (χ0) is 18.4. The summed E-state index contributed by atoms with van der Waals surface area (Å²) in [6.07, 6.45) is 0. The second-order valence-electron chi connectivity index (χ2n) is 6.47. The molecular weight excluding hydrogens is 316 g/mol. The van der Waals surface area contributed by atoms with Gasteiger partial charge in [0.1, 0.15) is 5.75 Å². The summed E-state index contributed by atoms with van der Waals surface area (Å²) >= 11 is 0. The Hall–Kier alpha value is -2.37. The van der Waals surface area contributed by atoms with Gasteiger partial charge in [-0.25, -0.2) is 0 Å². The Morgan fingerprint density at radius 3 is 2.24 bits per heavy atom. The van der Waals surface area contributed by atoms with Crippen molar-refractivity contribution in [3.63, 3.8) is 0 Å². The number of hydrogen-bond donors (Lipinski definition) is 3. The fourth-order valence-corrected chi connectivity index (χ4v) is 2.85. The summed E-state index contributed by atoms with van der Waals surface area (Å²) in [5, 5.41) is 14.2. The van der Waals surface area contributed by atoms with E-state index < -0.39 is 11.5 Å². The smallest absolute Gasteiger partial charge is 0.255 e. The van der Waals surface area contributed by atoms with E-state index in [2.05, 4.69) is 19.2 Å². The number of primary amides is 1. The lowest BCUT2D eigenvalue weighted by Crippen LogP contribution is -2.49. The van der Waals surface area contributed by atoms with Gasteiger partial charge in [-0.3, -0.25) is 4.79 Å². The molecule has 2 atom stereocenters. The maximum absolute atomic E-state index is 11.9. The molecule has 0 spiro atoms. The second-order valence-corrected chi connectivity index (χ2v) is 6.47. The molecule has 25 heavy (non-hydrogen) atoms. The number of carbonyl (C=O) groups is 1. The highest BCUT2D eigenvalue weighted by Crippen LogP contribution is 2.26. The van der Waals surface area contributed by atoms with Crippen LogP contribution in [0.25, 0.3) is 0 Å². The van der Waals surface area contributed by atoms with Gasteiger partial charge in [0.05, 0.1) is 7.11 Å². The van der Waals surface area contributed by atoms with E-state index in [4.69, 9.17) is 10.5 Å². The minimum atomic E-state index is -1.76. The highest BCUT2D eigenvalue weighted by atomic mass is 16.5. The molecular formula is C20H26N2O3. The SMILES string of the molecule is COc1ccc([C@H](NC[C@@](O)(C(N)=O)c2ccccc2)C(C)C)cc1. The minimum Gasteiger partial charge on any atom is -0.497 e. The van der Waals surface area contributed by atoms with Crippen molar-refractivity contribution in [3.8, 4) is 5.75 Å². The Kier molecular flexibility index (Phi) is 6.17. The number of benzene rings is 2. The molecule has 0 heterocycles. The van der Waals surface area contributed by atoms with Crippen molar-refractivity contribution in [1.29, 1.82) is 0 Å². The summed E-state index contributed by atoms with van der Waals surface area (Å²) in [5.41, 5.74) is 5.26. The summed E-state index contributed by atoms with van der Waals surface area (Å²) in [6.45, 7) is 4.18. The van der Waals surface area contributed by atoms with Crippen LogP contribution in [-0.2, 0) is 10.4 Å². The van der Waals surface area contributed by atoms with Crippen molar-refractivity contribution >= 4 is 5.91 Å². The number of amides is 1. The average molecular weight is 342 g/mol. The van der Waals surface area contributed by atoms with E-state index in [1.165, 1.54) is 0 Å². The number of ether oxygens (including phenoxy) is 1.